The maximum atomic E-state index is 12.5. The topological polar surface area (TPSA) is 47.4 Å². The van der Waals surface area contributed by atoms with Gasteiger partial charge in [0.15, 0.2) is 0 Å². The molecule has 21 heavy (non-hydrogen) atoms. The van der Waals surface area contributed by atoms with E-state index in [4.69, 9.17) is 4.74 Å². The Labute approximate surface area is 125 Å². The van der Waals surface area contributed by atoms with E-state index in [9.17, 15) is 4.79 Å². The van der Waals surface area contributed by atoms with Crippen molar-refractivity contribution in [3.05, 3.63) is 29.9 Å². The second-order valence-corrected chi connectivity index (χ2v) is 5.99. The van der Waals surface area contributed by atoms with Gasteiger partial charge in [-0.05, 0) is 26.2 Å². The second-order valence-electron chi connectivity index (χ2n) is 5.99. The van der Waals surface area contributed by atoms with Crippen molar-refractivity contribution in [2.45, 2.75) is 38.8 Å². The molecule has 3 rings (SSSR count). The highest BCUT2D eigenvalue weighted by atomic mass is 16.5. The molecule has 0 aromatic carbocycles. The Kier molecular flexibility index (Phi) is 4.10. The van der Waals surface area contributed by atoms with Crippen LogP contribution in [-0.4, -0.2) is 40.6 Å². The van der Waals surface area contributed by atoms with Gasteiger partial charge < -0.3 is 14.2 Å². The zero-order valence-corrected chi connectivity index (χ0v) is 12.8. The Morgan fingerprint density at radius 2 is 2.19 bits per heavy atom. The third kappa shape index (κ3) is 2.75. The number of carbonyl (C=O) groups excluding carboxylic acids is 1. The van der Waals surface area contributed by atoms with Crippen LogP contribution in [0.5, 0.6) is 0 Å². The number of nitrogens with zero attached hydrogens (tertiary/aromatic N) is 3. The highest BCUT2D eigenvalue weighted by Crippen LogP contribution is 2.28. The van der Waals surface area contributed by atoms with Crippen LogP contribution in [0.25, 0.3) is 0 Å². The molecule has 1 saturated heterocycles. The van der Waals surface area contributed by atoms with Crippen molar-refractivity contribution < 1.29 is 9.53 Å². The van der Waals surface area contributed by atoms with Gasteiger partial charge in [-0.1, -0.05) is 12.2 Å². The van der Waals surface area contributed by atoms with Crippen molar-refractivity contribution in [3.8, 4) is 0 Å². The number of rotatable bonds is 4. The van der Waals surface area contributed by atoms with Gasteiger partial charge in [0.1, 0.15) is 12.4 Å². The molecule has 1 amide bonds. The zero-order valence-electron chi connectivity index (χ0n) is 12.8. The quantitative estimate of drug-likeness (QED) is 0.797. The van der Waals surface area contributed by atoms with E-state index in [1.165, 1.54) is 0 Å². The summed E-state index contributed by atoms with van der Waals surface area (Å²) in [6.45, 7) is 4.23. The number of carbonyl (C=O) groups is 1. The van der Waals surface area contributed by atoms with Gasteiger partial charge in [-0.15, -0.1) is 0 Å². The lowest BCUT2D eigenvalue weighted by Gasteiger charge is -2.22. The normalized spacial score (nSPS) is 22.4. The molecule has 0 bridgehead atoms. The first-order valence-corrected chi connectivity index (χ1v) is 7.66. The Morgan fingerprint density at radius 3 is 2.90 bits per heavy atom. The highest BCUT2D eigenvalue weighted by molar-refractivity contribution is 5.80. The summed E-state index contributed by atoms with van der Waals surface area (Å²) < 4.78 is 7.46. The van der Waals surface area contributed by atoms with Crippen LogP contribution in [0.1, 0.15) is 36.8 Å². The first-order valence-electron chi connectivity index (χ1n) is 7.66. The van der Waals surface area contributed by atoms with Gasteiger partial charge in [0, 0.05) is 38.0 Å². The number of aromatic nitrogens is 2. The van der Waals surface area contributed by atoms with Gasteiger partial charge in [0.05, 0.1) is 6.04 Å². The molecule has 2 heterocycles. The predicted octanol–water partition coefficient (Wildman–Crippen LogP) is 2.08. The van der Waals surface area contributed by atoms with Crippen molar-refractivity contribution >= 4 is 5.91 Å². The minimum absolute atomic E-state index is 0.172. The molecule has 1 aliphatic carbocycles. The van der Waals surface area contributed by atoms with E-state index in [0.29, 0.717) is 18.6 Å². The van der Waals surface area contributed by atoms with E-state index >= 15 is 0 Å². The Bertz CT molecular complexity index is 542. The Balaban J connectivity index is 1.69. The molecule has 1 aliphatic heterocycles. The van der Waals surface area contributed by atoms with Crippen LogP contribution in [0, 0.1) is 12.8 Å². The van der Waals surface area contributed by atoms with Crippen LogP contribution in [0.15, 0.2) is 18.3 Å². The van der Waals surface area contributed by atoms with E-state index in [1.54, 1.807) is 7.11 Å². The molecule has 0 spiro atoms. The maximum Gasteiger partial charge on any atom is 0.226 e. The summed E-state index contributed by atoms with van der Waals surface area (Å²) in [4.78, 5) is 18.9. The third-order valence-electron chi connectivity index (χ3n) is 4.53. The standard InChI is InChI=1S/C16H23N3O2/c1-12-9-17-15(11-21-2)19(12)14-7-8-18(10-14)16(20)13-5-3-4-6-13/h3-4,9,13-14H,5-8,10-11H2,1-2H3. The molecule has 5 nitrogen and oxygen atoms in total. The summed E-state index contributed by atoms with van der Waals surface area (Å²) in [5, 5.41) is 0. The Hall–Kier alpha value is -1.62. The monoisotopic (exact) mass is 289 g/mol. The van der Waals surface area contributed by atoms with E-state index in [-0.39, 0.29) is 5.92 Å². The molecule has 1 unspecified atom stereocenters. The summed E-state index contributed by atoms with van der Waals surface area (Å²) in [7, 11) is 1.69. The fourth-order valence-corrected chi connectivity index (χ4v) is 3.46. The van der Waals surface area contributed by atoms with Gasteiger partial charge >= 0.3 is 0 Å². The summed E-state index contributed by atoms with van der Waals surface area (Å²) in [6, 6.07) is 0.330. The van der Waals surface area contributed by atoms with Crippen LogP contribution in [0.2, 0.25) is 0 Å². The van der Waals surface area contributed by atoms with Crippen LogP contribution in [-0.2, 0) is 16.1 Å². The zero-order chi connectivity index (χ0) is 14.8. The third-order valence-corrected chi connectivity index (χ3v) is 4.53. The largest absolute Gasteiger partial charge is 0.377 e. The summed E-state index contributed by atoms with van der Waals surface area (Å²) in [5.74, 6) is 1.44. The number of hydrogen-bond donors (Lipinski definition) is 0. The second kappa shape index (κ2) is 6.02. The number of aryl methyl sites for hydroxylation is 1. The minimum Gasteiger partial charge on any atom is -0.377 e. The average molecular weight is 289 g/mol. The molecule has 1 aromatic heterocycles. The predicted molar refractivity (Wildman–Crippen MR) is 79.8 cm³/mol. The molecule has 1 aromatic rings. The smallest absolute Gasteiger partial charge is 0.226 e. The molecule has 1 fully saturated rings. The molecule has 0 saturated carbocycles. The number of amides is 1. The van der Waals surface area contributed by atoms with Crippen molar-refractivity contribution in [2.24, 2.45) is 5.92 Å². The van der Waals surface area contributed by atoms with E-state index in [2.05, 4.69) is 28.6 Å². The highest BCUT2D eigenvalue weighted by Gasteiger charge is 2.32. The molecular weight excluding hydrogens is 266 g/mol. The molecule has 114 valence electrons. The van der Waals surface area contributed by atoms with E-state index in [0.717, 1.165) is 43.9 Å². The van der Waals surface area contributed by atoms with Gasteiger partial charge in [-0.25, -0.2) is 4.98 Å². The number of imidazole rings is 1. The maximum absolute atomic E-state index is 12.5. The SMILES string of the molecule is COCc1ncc(C)n1C1CCN(C(=O)C2CC=CC2)C1. The molecule has 0 radical (unpaired) electrons. The molecule has 5 heteroatoms. The van der Waals surface area contributed by atoms with Gasteiger partial charge in [-0.2, -0.15) is 0 Å². The molecule has 0 N–H and O–H groups in total. The van der Waals surface area contributed by atoms with E-state index < -0.39 is 0 Å². The van der Waals surface area contributed by atoms with Crippen molar-refractivity contribution in [2.75, 3.05) is 20.2 Å². The fraction of sp³-hybridized carbons (Fsp3) is 0.625. The summed E-state index contributed by atoms with van der Waals surface area (Å²) in [6.07, 6.45) is 8.93. The van der Waals surface area contributed by atoms with E-state index in [1.807, 2.05) is 11.1 Å². The Morgan fingerprint density at radius 1 is 1.43 bits per heavy atom. The average Bonchev–Trinajstić information content (AvgIpc) is 3.19. The lowest BCUT2D eigenvalue weighted by molar-refractivity contribution is -0.134. The fourth-order valence-electron chi connectivity index (χ4n) is 3.46. The first-order chi connectivity index (χ1) is 10.2. The van der Waals surface area contributed by atoms with Crippen LogP contribution < -0.4 is 0 Å². The lowest BCUT2D eigenvalue weighted by atomic mass is 10.1. The number of allylic oxidation sites excluding steroid dienone is 2. The van der Waals surface area contributed by atoms with Crippen LogP contribution in [0.4, 0.5) is 0 Å². The van der Waals surface area contributed by atoms with Crippen molar-refractivity contribution in [1.29, 1.82) is 0 Å². The van der Waals surface area contributed by atoms with Crippen molar-refractivity contribution in [1.82, 2.24) is 14.5 Å². The number of hydrogen-bond acceptors (Lipinski definition) is 3. The number of likely N-dealkylation sites (tertiary alicyclic amines) is 1. The number of methoxy groups -OCH3 is 1. The van der Waals surface area contributed by atoms with Gasteiger partial charge in [0.25, 0.3) is 0 Å². The summed E-state index contributed by atoms with van der Waals surface area (Å²) >= 11 is 0. The molecule has 2 aliphatic rings. The van der Waals surface area contributed by atoms with Crippen molar-refractivity contribution in [3.63, 3.8) is 0 Å². The lowest BCUT2D eigenvalue weighted by Crippen LogP contribution is -2.34. The summed E-state index contributed by atoms with van der Waals surface area (Å²) in [5.41, 5.74) is 1.14. The first kappa shape index (κ1) is 14.3. The van der Waals surface area contributed by atoms with Crippen LogP contribution >= 0.6 is 0 Å². The van der Waals surface area contributed by atoms with Gasteiger partial charge in [0.2, 0.25) is 5.91 Å². The minimum atomic E-state index is 0.172. The molecular formula is C16H23N3O2. The van der Waals surface area contributed by atoms with Crippen LogP contribution in [0.3, 0.4) is 0 Å². The van der Waals surface area contributed by atoms with Gasteiger partial charge in [-0.3, -0.25) is 4.79 Å². The molecule has 1 atom stereocenters. The number of ether oxygens (including phenoxy) is 1.